The fourth-order valence-electron chi connectivity index (χ4n) is 11.5. The Hall–Kier alpha value is -11.2. The van der Waals surface area contributed by atoms with Crippen molar-refractivity contribution in [1.82, 2.24) is 28.7 Å². The summed E-state index contributed by atoms with van der Waals surface area (Å²) in [5, 5.41) is -1.36. The first kappa shape index (κ1) is 25.8. The Morgan fingerprint density at radius 2 is 0.761 bits per heavy atom. The molecule has 0 fully saturated rings. The van der Waals surface area contributed by atoms with Crippen LogP contribution in [0.15, 0.2) is 327 Å². The van der Waals surface area contributed by atoms with E-state index >= 15 is 0 Å². The van der Waals surface area contributed by atoms with Crippen molar-refractivity contribution >= 4 is 96.3 Å². The van der Waals surface area contributed by atoms with Crippen LogP contribution in [0, 0.1) is 0 Å². The Kier molecular flexibility index (Phi) is 6.19. The van der Waals surface area contributed by atoms with Crippen molar-refractivity contribution in [1.29, 1.82) is 0 Å². The molecule has 0 radical (unpaired) electrons. The van der Waals surface area contributed by atoms with E-state index in [-0.39, 0.29) is 11.3 Å². The SMILES string of the molecule is [2H]c1c([2H])c([2H])c(-c2c([2H])c([2H])c([2H])[c]([Ge]([c]3cc(-c4ccccc4)cc(-n4c5ccccc5c5ccccc54)c3)([c]3c([2H])c([2H])c([2H])c([2H])c3[2H])[c]3c([2H])c([2H])c([2H])c(-c4nc(-c5c([2H])c([2H])c([2H])c([2H])c5-n5c6c([2H])c([2H])c([2H])c([2H])c6c6c([2H])c([2H])c([2H])c([2H])c65)nc(-n5c6c([2H])c([2H])c([2H])c([2H])c6c6c([2H])c([2H])c([2H])c([2H])c65)n4)c3[2H])c2[2H])c([2H])c1[2H]. The molecule has 17 aromatic rings. The van der Waals surface area contributed by atoms with Gasteiger partial charge in [-0.1, -0.05) is 12.1 Å². The molecule has 0 saturated carbocycles. The molecule has 0 aliphatic carbocycles. The molecule has 7 heteroatoms. The van der Waals surface area contributed by atoms with E-state index in [0.717, 1.165) is 0 Å². The first-order valence-corrected chi connectivity index (χ1v) is 31.1. The van der Waals surface area contributed by atoms with Crippen molar-refractivity contribution < 1.29 is 52.1 Å². The van der Waals surface area contributed by atoms with E-state index in [0.29, 0.717) is 36.5 Å². The van der Waals surface area contributed by atoms with Crippen LogP contribution in [-0.4, -0.2) is 41.9 Å². The molecule has 13 aromatic carbocycles. The van der Waals surface area contributed by atoms with Gasteiger partial charge < -0.3 is 0 Å². The Bertz CT molecular complexity index is 7640. The maximum atomic E-state index is 11.5. The van der Waals surface area contributed by atoms with Crippen LogP contribution in [0.3, 0.4) is 0 Å². The number of hydrogen-bond donors (Lipinski definition) is 0. The summed E-state index contributed by atoms with van der Waals surface area (Å²) in [6.45, 7) is 0. The molecule has 88 heavy (non-hydrogen) atoms. The summed E-state index contributed by atoms with van der Waals surface area (Å²) in [4.78, 5) is 14.4. The van der Waals surface area contributed by atoms with Crippen molar-refractivity contribution in [2.24, 2.45) is 0 Å². The Balaban J connectivity index is 1.16. The summed E-state index contributed by atoms with van der Waals surface area (Å²) >= 11 is -7.68. The molecule has 4 heterocycles. The van der Waals surface area contributed by atoms with E-state index in [1.54, 1.807) is 77.4 Å². The van der Waals surface area contributed by atoms with E-state index < -0.39 is 350 Å². The van der Waals surface area contributed by atoms with Gasteiger partial charge in [-0.15, -0.1) is 0 Å². The van der Waals surface area contributed by atoms with Crippen molar-refractivity contribution in [2.75, 3.05) is 0 Å². The van der Waals surface area contributed by atoms with Crippen molar-refractivity contribution in [3.8, 4) is 62.4 Å². The Morgan fingerprint density at radius 3 is 1.39 bits per heavy atom. The molecule has 0 amide bonds. The molecular weight excluding hydrogens is 1130 g/mol. The minimum atomic E-state index is -7.68. The van der Waals surface area contributed by atoms with E-state index in [2.05, 4.69) is 0 Å². The van der Waals surface area contributed by atoms with Crippen LogP contribution >= 0.6 is 0 Å². The zero-order chi connectivity index (χ0) is 91.2. The fourth-order valence-corrected chi connectivity index (χ4v) is 19.8. The van der Waals surface area contributed by atoms with Crippen molar-refractivity contribution in [2.45, 2.75) is 0 Å². The molecule has 1 unspecified atom stereocenters. The zero-order valence-corrected chi connectivity index (χ0v) is 47.0. The number of rotatable bonds is 11. The topological polar surface area (TPSA) is 53.5 Å². The summed E-state index contributed by atoms with van der Waals surface area (Å²) in [6, 6.07) is -15.6. The number of benzene rings is 13. The van der Waals surface area contributed by atoms with Crippen molar-refractivity contribution in [3.05, 3.63) is 327 Å². The Labute approximate surface area is 565 Å². The predicted octanol–water partition coefficient (Wildman–Crippen LogP) is 17.2. The van der Waals surface area contributed by atoms with E-state index in [9.17, 15) is 37.0 Å². The molecule has 17 rings (SSSR count). The summed E-state index contributed by atoms with van der Waals surface area (Å²) < 4.78 is 367. The van der Waals surface area contributed by atoms with Gasteiger partial charge in [0.2, 0.25) is 0 Å². The summed E-state index contributed by atoms with van der Waals surface area (Å²) in [7, 11) is 0. The second-order valence-electron chi connectivity index (χ2n) is 19.8. The van der Waals surface area contributed by atoms with Gasteiger partial charge in [0.1, 0.15) is 0 Å². The van der Waals surface area contributed by atoms with Gasteiger partial charge in [0, 0.05) is 0 Å². The number of para-hydroxylation sites is 7. The molecule has 0 N–H and O–H groups in total. The van der Waals surface area contributed by atoms with Crippen LogP contribution in [0.2, 0.25) is 0 Å². The van der Waals surface area contributed by atoms with Gasteiger partial charge in [0.25, 0.3) is 0 Å². The van der Waals surface area contributed by atoms with Crippen LogP contribution in [-0.2, 0) is 0 Å². The second kappa shape index (κ2) is 21.1. The number of aromatic nitrogens is 6. The van der Waals surface area contributed by atoms with Crippen LogP contribution < -0.4 is 17.6 Å². The molecule has 6 nitrogen and oxygen atoms in total. The van der Waals surface area contributed by atoms with E-state index in [4.69, 9.17) is 30.0 Å². The summed E-state index contributed by atoms with van der Waals surface area (Å²) in [6.07, 6.45) is 0. The predicted molar refractivity (Wildman–Crippen MR) is 368 cm³/mol. The zero-order valence-electron chi connectivity index (χ0n) is 82.9. The second-order valence-corrected chi connectivity index (χ2v) is 27.3. The normalized spacial score (nSPS) is 18.5. The fraction of sp³-hybridized carbons (Fsp3) is 0. The monoisotopic (exact) mass is 1220 g/mol. The van der Waals surface area contributed by atoms with E-state index in [1.807, 2.05) is 12.1 Å². The minimum absolute atomic E-state index is 0.0891. The molecule has 0 aliphatic heterocycles. The van der Waals surface area contributed by atoms with Crippen LogP contribution in [0.25, 0.3) is 128 Å². The van der Waals surface area contributed by atoms with Crippen LogP contribution in [0.4, 0.5) is 0 Å². The molecule has 412 valence electrons. The molecule has 0 spiro atoms. The van der Waals surface area contributed by atoms with Gasteiger partial charge in [0.15, 0.2) is 0 Å². The molecule has 4 aromatic heterocycles. The van der Waals surface area contributed by atoms with Crippen molar-refractivity contribution in [3.63, 3.8) is 0 Å². The number of hydrogen-bond acceptors (Lipinski definition) is 3. The molecular formula is C81H54GeN6. The third kappa shape index (κ3) is 8.28. The molecule has 0 aliphatic rings. The average molecular weight is 1220 g/mol. The first-order chi connectivity index (χ1) is 59.4. The molecule has 0 bridgehead atoms. The number of fused-ring (bicyclic) bond motifs is 9. The Morgan fingerprint density at radius 1 is 0.284 bits per heavy atom. The maximum absolute atomic E-state index is 11.5. The summed E-state index contributed by atoms with van der Waals surface area (Å²) in [5.74, 6) is -3.65. The van der Waals surface area contributed by atoms with Gasteiger partial charge in [-0.25, -0.2) is 0 Å². The quantitative estimate of drug-likeness (QED) is 0.121. The van der Waals surface area contributed by atoms with Crippen LogP contribution in [0.1, 0.15) is 52.1 Å². The average Bonchev–Trinajstić information content (AvgIpc) is 1.57. The molecule has 0 saturated heterocycles. The van der Waals surface area contributed by atoms with Gasteiger partial charge in [0.05, 0.1) is 8.22 Å². The first-order valence-electron chi connectivity index (χ1n) is 45.9. The van der Waals surface area contributed by atoms with Gasteiger partial charge in [-0.3, -0.25) is 0 Å². The third-order valence-corrected chi connectivity index (χ3v) is 23.9. The van der Waals surface area contributed by atoms with E-state index in [1.165, 1.54) is 12.1 Å². The summed E-state index contributed by atoms with van der Waals surface area (Å²) in [5.41, 5.74) is -7.00. The number of nitrogens with zero attached hydrogens (tertiary/aromatic N) is 6. The van der Waals surface area contributed by atoms with Gasteiger partial charge in [-0.2, -0.15) is 0 Å². The van der Waals surface area contributed by atoms with Gasteiger partial charge >= 0.3 is 546 Å². The van der Waals surface area contributed by atoms with Gasteiger partial charge in [-0.05, 0) is 0 Å². The third-order valence-electron chi connectivity index (χ3n) is 15.1. The van der Waals surface area contributed by atoms with Crippen LogP contribution in [0.5, 0.6) is 0 Å². The molecule has 1 atom stereocenters. The standard InChI is InChI=1S/C81H54GeN6/c1-4-26-55(27-5-1)57-30-24-34-61(50-57)82(60-32-8-3-9-33-60,63-52-59(56-28-6-2-7-29-56)53-64(54-63)86-72-43-17-10-36-65(72)66-37-11-18-44-73(66)86)62-35-25-31-58(51-62)79-83-80(85-81(84-79)88-76-47-21-14-40-69(76)70-41-15-22-48-77(70)88)71-42-16-23-49-78(71)87-74-45-19-12-38-67(74)68-39-13-20-46-75(68)87/h1-54H/i1D,3D,4D,5D,8D,9D,12D,13D,14D,15D,16D,19D,20D,21D,22D,23D,24D,25D,26D,27D,30D,31D,32D,33D,34D,35D,38D,39D,40D,41D,42D,45D,46D,47D,48D,49D,50D,51D.